The van der Waals surface area contributed by atoms with Crippen LogP contribution in [0.5, 0.6) is 0 Å². The predicted octanol–water partition coefficient (Wildman–Crippen LogP) is 1.11. The highest BCUT2D eigenvalue weighted by Gasteiger charge is 2.39. The minimum Gasteiger partial charge on any atom is -0.463 e. The molecule has 2 rings (SSSR count). The Hall–Kier alpha value is -0.870. The molecule has 2 heterocycles. The van der Waals surface area contributed by atoms with Crippen LogP contribution in [0.25, 0.3) is 0 Å². The number of hydrogen-bond donors (Lipinski definition) is 1. The first kappa shape index (κ1) is 8.72. The molecule has 0 aliphatic carbocycles. The van der Waals surface area contributed by atoms with E-state index >= 15 is 0 Å². The molecule has 3 nitrogen and oxygen atoms in total. The molecule has 70 valence electrons. The molecule has 1 aromatic heterocycles. The molecule has 1 atom stereocenters. The summed E-state index contributed by atoms with van der Waals surface area (Å²) in [6.45, 7) is 3.06. The van der Waals surface area contributed by atoms with Gasteiger partial charge in [0.2, 0.25) is 0 Å². The standard InChI is InChI=1S/C9H11NO2S/c1-9(7-3-2-6-13-7)8(11)12-5-4-10-9/h2-3,6,10H,4-5H2,1H3. The van der Waals surface area contributed by atoms with Crippen molar-refractivity contribution in [3.63, 3.8) is 0 Å². The maximum absolute atomic E-state index is 11.5. The third kappa shape index (κ3) is 1.36. The van der Waals surface area contributed by atoms with Gasteiger partial charge in [-0.2, -0.15) is 0 Å². The number of carbonyl (C=O) groups excluding carboxylic acids is 1. The number of esters is 1. The lowest BCUT2D eigenvalue weighted by Crippen LogP contribution is -2.52. The first-order valence-electron chi connectivity index (χ1n) is 4.20. The Kier molecular flexibility index (Phi) is 2.09. The topological polar surface area (TPSA) is 38.3 Å². The second-order valence-electron chi connectivity index (χ2n) is 3.16. The van der Waals surface area contributed by atoms with E-state index in [1.807, 2.05) is 24.4 Å². The Bertz CT molecular complexity index is 309. The molecule has 0 radical (unpaired) electrons. The summed E-state index contributed by atoms with van der Waals surface area (Å²) in [6, 6.07) is 3.89. The van der Waals surface area contributed by atoms with Crippen molar-refractivity contribution in [2.24, 2.45) is 0 Å². The van der Waals surface area contributed by atoms with E-state index in [2.05, 4.69) is 5.32 Å². The molecular weight excluding hydrogens is 186 g/mol. The van der Waals surface area contributed by atoms with Crippen LogP contribution in [0, 0.1) is 0 Å². The zero-order valence-electron chi connectivity index (χ0n) is 7.37. The van der Waals surface area contributed by atoms with Gasteiger partial charge in [-0.25, -0.2) is 4.79 Å². The summed E-state index contributed by atoms with van der Waals surface area (Å²) in [5.74, 6) is -0.179. The Labute approximate surface area is 80.7 Å². The summed E-state index contributed by atoms with van der Waals surface area (Å²) in [7, 11) is 0. The number of hydrogen-bond acceptors (Lipinski definition) is 4. The second kappa shape index (κ2) is 3.12. The van der Waals surface area contributed by atoms with E-state index in [0.717, 1.165) is 11.4 Å². The van der Waals surface area contributed by atoms with Gasteiger partial charge >= 0.3 is 5.97 Å². The molecule has 0 bridgehead atoms. The Morgan fingerprint density at radius 2 is 2.54 bits per heavy atom. The molecule has 1 aliphatic rings. The number of thiophene rings is 1. The van der Waals surface area contributed by atoms with Crippen molar-refractivity contribution >= 4 is 17.3 Å². The summed E-state index contributed by atoms with van der Waals surface area (Å²) in [5.41, 5.74) is -0.633. The first-order valence-corrected chi connectivity index (χ1v) is 5.08. The van der Waals surface area contributed by atoms with E-state index < -0.39 is 5.54 Å². The minimum absolute atomic E-state index is 0.179. The van der Waals surface area contributed by atoms with Crippen molar-refractivity contribution in [1.82, 2.24) is 5.32 Å². The van der Waals surface area contributed by atoms with Gasteiger partial charge in [-0.1, -0.05) is 6.07 Å². The van der Waals surface area contributed by atoms with Gasteiger partial charge in [0.25, 0.3) is 0 Å². The van der Waals surface area contributed by atoms with Crippen LogP contribution < -0.4 is 5.32 Å². The van der Waals surface area contributed by atoms with Crippen LogP contribution >= 0.6 is 11.3 Å². The molecule has 1 aliphatic heterocycles. The second-order valence-corrected chi connectivity index (χ2v) is 4.11. The lowest BCUT2D eigenvalue weighted by atomic mass is 9.99. The largest absolute Gasteiger partial charge is 0.463 e. The Balaban J connectivity index is 2.33. The zero-order chi connectivity index (χ0) is 9.31. The number of morpholine rings is 1. The number of rotatable bonds is 1. The predicted molar refractivity (Wildman–Crippen MR) is 50.6 cm³/mol. The summed E-state index contributed by atoms with van der Waals surface area (Å²) < 4.78 is 5.02. The van der Waals surface area contributed by atoms with Gasteiger partial charge in [0, 0.05) is 11.4 Å². The Morgan fingerprint density at radius 3 is 3.15 bits per heavy atom. The van der Waals surface area contributed by atoms with Crippen LogP contribution in [0.15, 0.2) is 17.5 Å². The molecule has 1 unspecified atom stereocenters. The number of ether oxygens (including phenoxy) is 1. The highest BCUT2D eigenvalue weighted by atomic mass is 32.1. The van der Waals surface area contributed by atoms with E-state index in [-0.39, 0.29) is 5.97 Å². The van der Waals surface area contributed by atoms with Crippen LogP contribution in [0.3, 0.4) is 0 Å². The molecule has 13 heavy (non-hydrogen) atoms. The highest BCUT2D eigenvalue weighted by molar-refractivity contribution is 7.10. The van der Waals surface area contributed by atoms with Crippen molar-refractivity contribution in [2.75, 3.05) is 13.2 Å². The summed E-state index contributed by atoms with van der Waals surface area (Å²) in [6.07, 6.45) is 0. The molecule has 0 aromatic carbocycles. The van der Waals surface area contributed by atoms with E-state index in [0.29, 0.717) is 6.61 Å². The lowest BCUT2D eigenvalue weighted by Gasteiger charge is -2.31. The van der Waals surface area contributed by atoms with Crippen LogP contribution in [-0.2, 0) is 15.1 Å². The van der Waals surface area contributed by atoms with Crippen molar-refractivity contribution in [2.45, 2.75) is 12.5 Å². The molecule has 1 fully saturated rings. The van der Waals surface area contributed by atoms with E-state index in [4.69, 9.17) is 4.74 Å². The normalized spacial score (nSPS) is 28.5. The first-order chi connectivity index (χ1) is 6.23. The molecular formula is C9H11NO2S. The molecule has 0 spiro atoms. The SMILES string of the molecule is CC1(c2cccs2)NCCOC1=O. The summed E-state index contributed by atoms with van der Waals surface area (Å²) in [5, 5.41) is 5.15. The fourth-order valence-corrected chi connectivity index (χ4v) is 2.26. The fraction of sp³-hybridized carbons (Fsp3) is 0.444. The van der Waals surface area contributed by atoms with Crippen molar-refractivity contribution in [3.8, 4) is 0 Å². The van der Waals surface area contributed by atoms with E-state index in [9.17, 15) is 4.79 Å². The highest BCUT2D eigenvalue weighted by Crippen LogP contribution is 2.28. The van der Waals surface area contributed by atoms with Crippen LogP contribution in [0.1, 0.15) is 11.8 Å². The average molecular weight is 197 g/mol. The monoisotopic (exact) mass is 197 g/mol. The van der Waals surface area contributed by atoms with Crippen LogP contribution in [-0.4, -0.2) is 19.1 Å². The van der Waals surface area contributed by atoms with Gasteiger partial charge in [-0.05, 0) is 18.4 Å². The number of cyclic esters (lactones) is 1. The molecule has 1 aromatic rings. The molecule has 1 saturated heterocycles. The van der Waals surface area contributed by atoms with Crippen molar-refractivity contribution in [3.05, 3.63) is 22.4 Å². The third-order valence-electron chi connectivity index (χ3n) is 2.24. The quantitative estimate of drug-likeness (QED) is 0.685. The van der Waals surface area contributed by atoms with Gasteiger partial charge < -0.3 is 4.74 Å². The lowest BCUT2D eigenvalue weighted by molar-refractivity contribution is -0.155. The van der Waals surface area contributed by atoms with Gasteiger partial charge in [0.15, 0.2) is 0 Å². The number of carbonyl (C=O) groups is 1. The smallest absolute Gasteiger partial charge is 0.331 e. The van der Waals surface area contributed by atoms with E-state index in [1.165, 1.54) is 0 Å². The maximum atomic E-state index is 11.5. The Morgan fingerprint density at radius 1 is 1.69 bits per heavy atom. The average Bonchev–Trinajstić information content (AvgIpc) is 2.63. The van der Waals surface area contributed by atoms with E-state index in [1.54, 1.807) is 11.3 Å². The van der Waals surface area contributed by atoms with Crippen molar-refractivity contribution in [1.29, 1.82) is 0 Å². The van der Waals surface area contributed by atoms with Crippen LogP contribution in [0.2, 0.25) is 0 Å². The molecule has 0 amide bonds. The minimum atomic E-state index is -0.633. The van der Waals surface area contributed by atoms with Gasteiger partial charge in [0.05, 0.1) is 0 Å². The maximum Gasteiger partial charge on any atom is 0.331 e. The third-order valence-corrected chi connectivity index (χ3v) is 3.33. The van der Waals surface area contributed by atoms with Gasteiger partial charge in [-0.15, -0.1) is 11.3 Å². The fourth-order valence-electron chi connectivity index (χ4n) is 1.41. The zero-order valence-corrected chi connectivity index (χ0v) is 8.19. The van der Waals surface area contributed by atoms with Crippen molar-refractivity contribution < 1.29 is 9.53 Å². The molecule has 0 saturated carbocycles. The molecule has 1 N–H and O–H groups in total. The number of nitrogens with one attached hydrogen (secondary N) is 1. The van der Waals surface area contributed by atoms with Crippen LogP contribution in [0.4, 0.5) is 0 Å². The summed E-state index contributed by atoms with van der Waals surface area (Å²) in [4.78, 5) is 12.5. The summed E-state index contributed by atoms with van der Waals surface area (Å²) >= 11 is 1.57. The van der Waals surface area contributed by atoms with Gasteiger partial charge in [-0.3, -0.25) is 5.32 Å². The molecule has 4 heteroatoms. The van der Waals surface area contributed by atoms with Gasteiger partial charge in [0.1, 0.15) is 12.1 Å².